The first-order valence-electron chi connectivity index (χ1n) is 9.27. The van der Waals surface area contributed by atoms with Gasteiger partial charge in [-0.1, -0.05) is 20.8 Å². The monoisotopic (exact) mass is 397 g/mol. The molecule has 0 radical (unpaired) electrons. The Morgan fingerprint density at radius 2 is 1.80 bits per heavy atom. The molecule has 0 aliphatic carbocycles. The van der Waals surface area contributed by atoms with Gasteiger partial charge in [-0.05, 0) is 63.7 Å². The van der Waals surface area contributed by atoms with Crippen molar-refractivity contribution in [3.05, 3.63) is 0 Å². The molecule has 0 aromatic heterocycles. The van der Waals surface area contributed by atoms with Crippen molar-refractivity contribution in [1.29, 1.82) is 0 Å². The van der Waals surface area contributed by atoms with Gasteiger partial charge in [0.1, 0.15) is 5.60 Å². The van der Waals surface area contributed by atoms with Crippen molar-refractivity contribution in [2.45, 2.75) is 58.1 Å². The fourth-order valence-corrected chi connectivity index (χ4v) is 3.86. The summed E-state index contributed by atoms with van der Waals surface area (Å²) in [4.78, 5) is 15.3. The number of ether oxygens (including phenoxy) is 1. The standard InChI is InChI=1S/C18H35N3O2.2ClH/c1-14(2)16(21-11-5-15(3)6-12-21)13-20-17(22)18(23-4)7-9-19-10-8-18;;/h14-16,19H,5-13H2,1-4H3,(H,20,22);2*1H. The zero-order valence-corrected chi connectivity index (χ0v) is 17.8. The number of halogens is 2. The van der Waals surface area contributed by atoms with E-state index in [1.807, 2.05) is 0 Å². The fraction of sp³-hybridized carbons (Fsp3) is 0.944. The summed E-state index contributed by atoms with van der Waals surface area (Å²) >= 11 is 0. The zero-order chi connectivity index (χ0) is 16.9. The number of hydrogen-bond acceptors (Lipinski definition) is 4. The largest absolute Gasteiger partial charge is 0.368 e. The molecule has 5 nitrogen and oxygen atoms in total. The Bertz CT molecular complexity index is 383. The first-order chi connectivity index (χ1) is 11.0. The third-order valence-electron chi connectivity index (χ3n) is 5.74. The molecular formula is C18H37Cl2N3O2. The maximum atomic E-state index is 12.7. The summed E-state index contributed by atoms with van der Waals surface area (Å²) in [5, 5.41) is 6.50. The van der Waals surface area contributed by atoms with Crippen LogP contribution in [0, 0.1) is 11.8 Å². The lowest BCUT2D eigenvalue weighted by Gasteiger charge is -2.40. The lowest BCUT2D eigenvalue weighted by molar-refractivity contribution is -0.147. The molecule has 2 heterocycles. The molecule has 0 spiro atoms. The molecule has 7 heteroatoms. The molecule has 0 saturated carbocycles. The SMILES string of the molecule is COC1(C(=O)NCC(C(C)C)N2CCC(C)CC2)CCNCC1.Cl.Cl. The van der Waals surface area contributed by atoms with Gasteiger partial charge in [-0.15, -0.1) is 24.8 Å². The molecule has 25 heavy (non-hydrogen) atoms. The van der Waals surface area contributed by atoms with E-state index >= 15 is 0 Å². The molecule has 1 atom stereocenters. The minimum atomic E-state index is -0.636. The van der Waals surface area contributed by atoms with Crippen LogP contribution in [0.25, 0.3) is 0 Å². The number of amides is 1. The molecule has 0 aromatic rings. The van der Waals surface area contributed by atoms with Gasteiger partial charge in [0, 0.05) is 19.7 Å². The molecule has 0 bridgehead atoms. The average Bonchev–Trinajstić information content (AvgIpc) is 2.56. The summed E-state index contributed by atoms with van der Waals surface area (Å²) in [6.07, 6.45) is 4.04. The summed E-state index contributed by atoms with van der Waals surface area (Å²) in [5.74, 6) is 1.44. The van der Waals surface area contributed by atoms with Crippen LogP contribution in [-0.4, -0.2) is 62.3 Å². The van der Waals surface area contributed by atoms with Gasteiger partial charge in [0.2, 0.25) is 0 Å². The van der Waals surface area contributed by atoms with Gasteiger partial charge in [0.25, 0.3) is 5.91 Å². The summed E-state index contributed by atoms with van der Waals surface area (Å²) in [7, 11) is 1.66. The van der Waals surface area contributed by atoms with E-state index in [1.54, 1.807) is 7.11 Å². The van der Waals surface area contributed by atoms with Crippen LogP contribution in [0.5, 0.6) is 0 Å². The predicted molar refractivity (Wildman–Crippen MR) is 108 cm³/mol. The van der Waals surface area contributed by atoms with E-state index in [4.69, 9.17) is 4.74 Å². The Labute approximate surface area is 165 Å². The number of methoxy groups -OCH3 is 1. The van der Waals surface area contributed by atoms with E-state index in [1.165, 1.54) is 12.8 Å². The van der Waals surface area contributed by atoms with Crippen molar-refractivity contribution >= 4 is 30.7 Å². The Hall–Kier alpha value is -0.0700. The highest BCUT2D eigenvalue weighted by Gasteiger charge is 2.40. The van der Waals surface area contributed by atoms with E-state index in [0.29, 0.717) is 12.0 Å². The molecule has 2 saturated heterocycles. The quantitative estimate of drug-likeness (QED) is 0.722. The number of piperidine rings is 2. The van der Waals surface area contributed by atoms with Crippen LogP contribution in [0.4, 0.5) is 0 Å². The summed E-state index contributed by atoms with van der Waals surface area (Å²) in [5.41, 5.74) is -0.636. The van der Waals surface area contributed by atoms with Crippen LogP contribution in [-0.2, 0) is 9.53 Å². The number of carbonyl (C=O) groups excluding carboxylic acids is 1. The predicted octanol–water partition coefficient (Wildman–Crippen LogP) is 2.47. The maximum absolute atomic E-state index is 12.7. The molecule has 2 rings (SSSR count). The zero-order valence-electron chi connectivity index (χ0n) is 16.2. The number of likely N-dealkylation sites (tertiary alicyclic amines) is 1. The Kier molecular flexibility index (Phi) is 11.6. The fourth-order valence-electron chi connectivity index (χ4n) is 3.86. The van der Waals surface area contributed by atoms with Crippen LogP contribution >= 0.6 is 24.8 Å². The number of nitrogens with one attached hydrogen (secondary N) is 2. The number of rotatable bonds is 6. The van der Waals surface area contributed by atoms with Gasteiger partial charge in [0.15, 0.2) is 0 Å². The Balaban J connectivity index is 0.00000288. The van der Waals surface area contributed by atoms with E-state index in [-0.39, 0.29) is 30.7 Å². The molecule has 0 aromatic carbocycles. The first kappa shape index (κ1) is 24.9. The summed E-state index contributed by atoms with van der Waals surface area (Å²) in [6.45, 7) is 11.6. The molecule has 2 N–H and O–H groups in total. The highest BCUT2D eigenvalue weighted by Crippen LogP contribution is 2.24. The van der Waals surface area contributed by atoms with Gasteiger partial charge in [-0.3, -0.25) is 9.69 Å². The second kappa shape index (κ2) is 11.6. The number of hydrogen-bond donors (Lipinski definition) is 2. The lowest BCUT2D eigenvalue weighted by Crippen LogP contribution is -2.57. The van der Waals surface area contributed by atoms with Gasteiger partial charge in [-0.2, -0.15) is 0 Å². The van der Waals surface area contributed by atoms with Crippen LogP contribution < -0.4 is 10.6 Å². The van der Waals surface area contributed by atoms with Gasteiger partial charge in [0.05, 0.1) is 0 Å². The lowest BCUT2D eigenvalue weighted by atomic mass is 9.90. The third-order valence-corrected chi connectivity index (χ3v) is 5.74. The molecule has 1 amide bonds. The normalized spacial score (nSPS) is 22.6. The number of carbonyl (C=O) groups is 1. The van der Waals surface area contributed by atoms with Crippen LogP contribution in [0.2, 0.25) is 0 Å². The van der Waals surface area contributed by atoms with E-state index in [9.17, 15) is 4.79 Å². The number of nitrogens with zero attached hydrogens (tertiary/aromatic N) is 1. The topological polar surface area (TPSA) is 53.6 Å². The van der Waals surface area contributed by atoms with E-state index in [2.05, 4.69) is 36.3 Å². The smallest absolute Gasteiger partial charge is 0.252 e. The second-order valence-corrected chi connectivity index (χ2v) is 7.69. The minimum absolute atomic E-state index is 0. The summed E-state index contributed by atoms with van der Waals surface area (Å²) in [6, 6.07) is 0.419. The molecule has 1 unspecified atom stereocenters. The van der Waals surface area contributed by atoms with Crippen molar-refractivity contribution < 1.29 is 9.53 Å². The second-order valence-electron chi connectivity index (χ2n) is 7.69. The average molecular weight is 398 g/mol. The van der Waals surface area contributed by atoms with Crippen molar-refractivity contribution in [2.24, 2.45) is 11.8 Å². The maximum Gasteiger partial charge on any atom is 0.252 e. The third kappa shape index (κ3) is 6.55. The van der Waals surface area contributed by atoms with E-state index < -0.39 is 5.60 Å². The Morgan fingerprint density at radius 1 is 1.24 bits per heavy atom. The van der Waals surface area contributed by atoms with Gasteiger partial charge < -0.3 is 15.4 Å². The molecule has 150 valence electrons. The van der Waals surface area contributed by atoms with Crippen molar-refractivity contribution in [3.8, 4) is 0 Å². The molecule has 2 aliphatic rings. The van der Waals surface area contributed by atoms with E-state index in [0.717, 1.165) is 51.5 Å². The van der Waals surface area contributed by atoms with Gasteiger partial charge in [-0.25, -0.2) is 0 Å². The van der Waals surface area contributed by atoms with Crippen LogP contribution in [0.3, 0.4) is 0 Å². The molecule has 2 fully saturated rings. The highest BCUT2D eigenvalue weighted by molar-refractivity contribution is 5.86. The minimum Gasteiger partial charge on any atom is -0.368 e. The first-order valence-corrected chi connectivity index (χ1v) is 9.27. The Morgan fingerprint density at radius 3 is 2.28 bits per heavy atom. The van der Waals surface area contributed by atoms with Crippen molar-refractivity contribution in [3.63, 3.8) is 0 Å². The summed E-state index contributed by atoms with van der Waals surface area (Å²) < 4.78 is 5.63. The van der Waals surface area contributed by atoms with Crippen LogP contribution in [0.15, 0.2) is 0 Å². The van der Waals surface area contributed by atoms with Crippen molar-refractivity contribution in [1.82, 2.24) is 15.5 Å². The molecule has 2 aliphatic heterocycles. The van der Waals surface area contributed by atoms with Crippen LogP contribution in [0.1, 0.15) is 46.5 Å². The molecular weight excluding hydrogens is 361 g/mol. The highest BCUT2D eigenvalue weighted by atomic mass is 35.5. The van der Waals surface area contributed by atoms with Gasteiger partial charge >= 0.3 is 0 Å². The van der Waals surface area contributed by atoms with Crippen molar-refractivity contribution in [2.75, 3.05) is 39.8 Å².